The number of aliphatic hydroxyl groups excluding tert-OH is 4. The maximum absolute atomic E-state index is 13.0. The van der Waals surface area contributed by atoms with Crippen LogP contribution >= 0.6 is 0 Å². The number of carbonyl (C=O) groups is 1. The number of ether oxygens (including phenoxy) is 2. The zero-order valence-corrected chi connectivity index (χ0v) is 40.5. The van der Waals surface area contributed by atoms with Crippen molar-refractivity contribution < 1.29 is 51.8 Å². The molecule has 12 nitrogen and oxygen atoms in total. The standard InChI is InChI=1S/C50H93NO11S/c1-3-5-7-9-11-13-14-15-16-17-18-19-20-21-22-23-24-25-26-27-28-29-30-32-34-36-38-40-46(54)51-43(44(53)39-37-35-33-31-12-10-8-6-4-2)42-60-50-48(56)49(62-63(57,58)59)47(55)45(41-52)61-50/h18-19,21-22,37,39,43-45,47-50,52-53,55-56H,3-17,20,23-36,38,40-42H2,1-2H3,(H,51,54)(H,57,58,59)/b19-18-,22-21-,39-37+. The number of hydrogen-bond donors (Lipinski definition) is 6. The summed E-state index contributed by atoms with van der Waals surface area (Å²) in [6.07, 6.45) is 40.7. The van der Waals surface area contributed by atoms with Gasteiger partial charge in [0.25, 0.3) is 0 Å². The molecular formula is C50H93NO11S. The maximum Gasteiger partial charge on any atom is 0.397 e. The van der Waals surface area contributed by atoms with E-state index in [0.717, 1.165) is 51.4 Å². The fourth-order valence-electron chi connectivity index (χ4n) is 7.96. The van der Waals surface area contributed by atoms with E-state index in [-0.39, 0.29) is 18.9 Å². The van der Waals surface area contributed by atoms with E-state index in [2.05, 4.69) is 47.7 Å². The van der Waals surface area contributed by atoms with Gasteiger partial charge in [0, 0.05) is 6.42 Å². The Kier molecular flexibility index (Phi) is 38.2. The molecule has 1 fully saturated rings. The lowest BCUT2D eigenvalue weighted by Gasteiger charge is -2.41. The first kappa shape index (κ1) is 59.3. The monoisotopic (exact) mass is 916 g/mol. The largest absolute Gasteiger partial charge is 0.397 e. The zero-order valence-electron chi connectivity index (χ0n) is 39.6. The van der Waals surface area contributed by atoms with Crippen molar-refractivity contribution in [2.24, 2.45) is 0 Å². The van der Waals surface area contributed by atoms with Crippen molar-refractivity contribution in [3.8, 4) is 0 Å². The second-order valence-corrected chi connectivity index (χ2v) is 18.8. The minimum atomic E-state index is -5.08. The average molecular weight is 916 g/mol. The van der Waals surface area contributed by atoms with Gasteiger partial charge in [0.2, 0.25) is 5.91 Å². The summed E-state index contributed by atoms with van der Waals surface area (Å²) in [5.41, 5.74) is 0. The summed E-state index contributed by atoms with van der Waals surface area (Å²) in [6.45, 7) is 3.35. The van der Waals surface area contributed by atoms with Crippen LogP contribution in [0.15, 0.2) is 36.5 Å². The Labute approximate surface area is 384 Å². The number of amides is 1. The number of carbonyl (C=O) groups excluding carboxylic acids is 1. The second-order valence-electron chi connectivity index (χ2n) is 17.8. The Morgan fingerprint density at radius 1 is 0.635 bits per heavy atom. The predicted octanol–water partition coefficient (Wildman–Crippen LogP) is 10.7. The van der Waals surface area contributed by atoms with Crippen LogP contribution in [0.1, 0.15) is 219 Å². The van der Waals surface area contributed by atoms with Gasteiger partial charge in [-0.3, -0.25) is 9.35 Å². The second kappa shape index (κ2) is 40.6. The van der Waals surface area contributed by atoms with Crippen molar-refractivity contribution in [1.82, 2.24) is 5.32 Å². The Balaban J connectivity index is 2.31. The number of aliphatic hydroxyl groups is 4. The fourth-order valence-corrected chi connectivity index (χ4v) is 8.46. The van der Waals surface area contributed by atoms with E-state index < -0.39 is 59.9 Å². The molecule has 1 rings (SSSR count). The van der Waals surface area contributed by atoms with Crippen LogP contribution in [0.5, 0.6) is 0 Å². The highest BCUT2D eigenvalue weighted by Gasteiger charge is 2.48. The lowest BCUT2D eigenvalue weighted by Crippen LogP contribution is -2.61. The number of rotatable bonds is 43. The van der Waals surface area contributed by atoms with Gasteiger partial charge in [-0.1, -0.05) is 198 Å². The maximum atomic E-state index is 13.0. The molecule has 7 unspecified atom stereocenters. The van der Waals surface area contributed by atoms with E-state index in [0.29, 0.717) is 6.42 Å². The van der Waals surface area contributed by atoms with Crippen LogP contribution in [0, 0.1) is 0 Å². The molecule has 0 aromatic carbocycles. The highest BCUT2D eigenvalue weighted by Crippen LogP contribution is 2.26. The molecule has 1 aliphatic heterocycles. The molecule has 0 aromatic heterocycles. The van der Waals surface area contributed by atoms with E-state index >= 15 is 0 Å². The predicted molar refractivity (Wildman–Crippen MR) is 255 cm³/mol. The van der Waals surface area contributed by atoms with Crippen LogP contribution in [0.3, 0.4) is 0 Å². The van der Waals surface area contributed by atoms with Crippen LogP contribution < -0.4 is 5.32 Å². The molecular weight excluding hydrogens is 823 g/mol. The van der Waals surface area contributed by atoms with E-state index in [9.17, 15) is 38.2 Å². The van der Waals surface area contributed by atoms with Crippen molar-refractivity contribution in [2.75, 3.05) is 13.2 Å². The summed E-state index contributed by atoms with van der Waals surface area (Å²) in [5, 5.41) is 44.6. The molecule has 0 bridgehead atoms. The molecule has 1 amide bonds. The van der Waals surface area contributed by atoms with Gasteiger partial charge >= 0.3 is 10.4 Å². The molecule has 63 heavy (non-hydrogen) atoms. The lowest BCUT2D eigenvalue weighted by molar-refractivity contribution is -0.298. The van der Waals surface area contributed by atoms with Crippen LogP contribution in [-0.2, 0) is 28.9 Å². The van der Waals surface area contributed by atoms with Crippen LogP contribution in [0.4, 0.5) is 0 Å². The topological polar surface area (TPSA) is 192 Å². The average Bonchev–Trinajstić information content (AvgIpc) is 3.25. The molecule has 1 aliphatic rings. The van der Waals surface area contributed by atoms with Gasteiger partial charge in [0.05, 0.1) is 25.4 Å². The Morgan fingerprint density at radius 3 is 1.51 bits per heavy atom. The summed E-state index contributed by atoms with van der Waals surface area (Å²) < 4.78 is 47.5. The Hall–Kier alpha value is -1.68. The zero-order chi connectivity index (χ0) is 46.2. The molecule has 13 heteroatoms. The van der Waals surface area contributed by atoms with Crippen molar-refractivity contribution in [1.29, 1.82) is 0 Å². The van der Waals surface area contributed by atoms with Gasteiger partial charge in [-0.2, -0.15) is 8.42 Å². The summed E-state index contributed by atoms with van der Waals surface area (Å²) in [5.74, 6) is -0.267. The number of unbranched alkanes of at least 4 members (excludes halogenated alkanes) is 27. The molecule has 1 saturated heterocycles. The first-order chi connectivity index (χ1) is 30.5. The van der Waals surface area contributed by atoms with Gasteiger partial charge in [0.1, 0.15) is 24.4 Å². The first-order valence-electron chi connectivity index (χ1n) is 25.4. The molecule has 370 valence electrons. The van der Waals surface area contributed by atoms with Crippen molar-refractivity contribution >= 4 is 16.3 Å². The number of nitrogens with one attached hydrogen (secondary N) is 1. The van der Waals surface area contributed by atoms with E-state index in [1.807, 2.05) is 6.08 Å². The molecule has 0 aliphatic carbocycles. The summed E-state index contributed by atoms with van der Waals surface area (Å²) in [7, 11) is -5.08. The van der Waals surface area contributed by atoms with Crippen molar-refractivity contribution in [3.05, 3.63) is 36.5 Å². The third-order valence-electron chi connectivity index (χ3n) is 11.9. The smallest absolute Gasteiger partial charge is 0.394 e. The van der Waals surface area contributed by atoms with Crippen LogP contribution in [0.25, 0.3) is 0 Å². The SMILES string of the molecule is CCCCCCCCC/C=C/C(O)C(COC1OC(CO)C(O)C(OS(=O)(=O)O)C1O)NC(=O)CCCCCCCCCCCCC/C=C\C/C=C\CCCCCCCCCCC. The third kappa shape index (κ3) is 33.4. The summed E-state index contributed by atoms with van der Waals surface area (Å²) >= 11 is 0. The van der Waals surface area contributed by atoms with E-state index in [1.54, 1.807) is 6.08 Å². The summed E-state index contributed by atoms with van der Waals surface area (Å²) in [4.78, 5) is 13.0. The van der Waals surface area contributed by atoms with Gasteiger partial charge in [0.15, 0.2) is 6.29 Å². The number of hydrogen-bond acceptors (Lipinski definition) is 10. The summed E-state index contributed by atoms with van der Waals surface area (Å²) in [6, 6.07) is -0.943. The molecule has 0 spiro atoms. The highest BCUT2D eigenvalue weighted by atomic mass is 32.3. The van der Waals surface area contributed by atoms with Gasteiger partial charge < -0.3 is 35.2 Å². The van der Waals surface area contributed by atoms with E-state index in [4.69, 9.17) is 9.47 Å². The minimum Gasteiger partial charge on any atom is -0.394 e. The normalized spacial score (nSPS) is 20.7. The third-order valence-corrected chi connectivity index (χ3v) is 12.4. The number of allylic oxidation sites excluding steroid dienone is 5. The van der Waals surface area contributed by atoms with Crippen molar-refractivity contribution in [2.45, 2.75) is 262 Å². The Bertz CT molecular complexity index is 1260. The van der Waals surface area contributed by atoms with Gasteiger partial charge in [-0.05, 0) is 51.4 Å². The molecule has 7 atom stereocenters. The fraction of sp³-hybridized carbons (Fsp3) is 0.860. The van der Waals surface area contributed by atoms with Crippen LogP contribution in [0.2, 0.25) is 0 Å². The quantitative estimate of drug-likeness (QED) is 0.0194. The van der Waals surface area contributed by atoms with E-state index in [1.165, 1.54) is 141 Å². The van der Waals surface area contributed by atoms with Crippen molar-refractivity contribution in [3.63, 3.8) is 0 Å². The molecule has 0 radical (unpaired) electrons. The molecule has 6 N–H and O–H groups in total. The lowest BCUT2D eigenvalue weighted by atomic mass is 9.99. The molecule has 0 saturated carbocycles. The minimum absolute atomic E-state index is 0.266. The molecule has 0 aromatic rings. The Morgan fingerprint density at radius 2 is 1.06 bits per heavy atom. The first-order valence-corrected chi connectivity index (χ1v) is 26.7. The van der Waals surface area contributed by atoms with Gasteiger partial charge in [-0.25, -0.2) is 4.18 Å². The highest BCUT2D eigenvalue weighted by molar-refractivity contribution is 7.80. The van der Waals surface area contributed by atoms with Gasteiger partial charge in [-0.15, -0.1) is 0 Å². The molecule has 1 heterocycles. The van der Waals surface area contributed by atoms with Crippen LogP contribution in [-0.4, -0.2) is 95.4 Å².